The van der Waals surface area contributed by atoms with Crippen molar-refractivity contribution in [2.24, 2.45) is 0 Å². The fourth-order valence-electron chi connectivity index (χ4n) is 1.98. The molecular weight excluding hydrogens is 307 g/mol. The van der Waals surface area contributed by atoms with E-state index < -0.39 is 0 Å². The van der Waals surface area contributed by atoms with Crippen LogP contribution in [0.1, 0.15) is 16.1 Å². The molecule has 1 aromatic carbocycles. The van der Waals surface area contributed by atoms with Crippen LogP contribution in [0.15, 0.2) is 42.6 Å². The zero-order valence-corrected chi connectivity index (χ0v) is 13.2. The first-order valence-corrected chi connectivity index (χ1v) is 7.38. The van der Waals surface area contributed by atoms with Gasteiger partial charge in [0.2, 0.25) is 0 Å². The van der Waals surface area contributed by atoms with Gasteiger partial charge >= 0.3 is 0 Å². The van der Waals surface area contributed by atoms with Gasteiger partial charge in [-0.05, 0) is 37.4 Å². The topological polar surface area (TPSA) is 33.2 Å². The van der Waals surface area contributed by atoms with Crippen molar-refractivity contribution in [1.29, 1.82) is 0 Å². The van der Waals surface area contributed by atoms with Crippen LogP contribution in [0.25, 0.3) is 0 Å². The van der Waals surface area contributed by atoms with E-state index in [1.54, 1.807) is 24.4 Å². The highest BCUT2D eigenvalue weighted by molar-refractivity contribution is 6.36. The number of hydrogen-bond acceptors (Lipinski definition) is 3. The van der Waals surface area contributed by atoms with Gasteiger partial charge in [0, 0.05) is 35.4 Å². The molecule has 0 amide bonds. The van der Waals surface area contributed by atoms with E-state index in [-0.39, 0.29) is 5.78 Å². The lowest BCUT2D eigenvalue weighted by Crippen LogP contribution is -2.28. The molecule has 2 aromatic rings. The van der Waals surface area contributed by atoms with Crippen molar-refractivity contribution in [3.63, 3.8) is 0 Å². The minimum absolute atomic E-state index is 0.0137. The Balaban J connectivity index is 1.90. The molecule has 0 saturated carbocycles. The van der Waals surface area contributed by atoms with Crippen LogP contribution in [0.2, 0.25) is 10.0 Å². The fourth-order valence-corrected chi connectivity index (χ4v) is 2.49. The molecule has 110 valence electrons. The van der Waals surface area contributed by atoms with Gasteiger partial charge in [0.25, 0.3) is 0 Å². The summed E-state index contributed by atoms with van der Waals surface area (Å²) in [6.45, 7) is 1.07. The van der Waals surface area contributed by atoms with Crippen LogP contribution in [0, 0.1) is 0 Å². The van der Waals surface area contributed by atoms with Crippen molar-refractivity contribution in [2.75, 3.05) is 20.1 Å². The maximum atomic E-state index is 12.2. The SMILES string of the molecule is CN(CCc1ccccn1)CC(=O)c1ccc(Cl)cc1Cl. The molecule has 1 heterocycles. The fraction of sp³-hybridized carbons (Fsp3) is 0.250. The van der Waals surface area contributed by atoms with Crippen LogP contribution in [-0.2, 0) is 6.42 Å². The lowest BCUT2D eigenvalue weighted by molar-refractivity contribution is 0.0947. The number of rotatable bonds is 6. The number of aromatic nitrogens is 1. The lowest BCUT2D eigenvalue weighted by Gasteiger charge is -2.15. The van der Waals surface area contributed by atoms with Crippen LogP contribution in [0.4, 0.5) is 0 Å². The van der Waals surface area contributed by atoms with Crippen molar-refractivity contribution < 1.29 is 4.79 Å². The summed E-state index contributed by atoms with van der Waals surface area (Å²) in [5.74, 6) is -0.0137. The second-order valence-electron chi connectivity index (χ2n) is 4.86. The number of nitrogens with zero attached hydrogens (tertiary/aromatic N) is 2. The molecule has 0 radical (unpaired) electrons. The van der Waals surface area contributed by atoms with Crippen LogP contribution < -0.4 is 0 Å². The molecule has 0 aliphatic carbocycles. The van der Waals surface area contributed by atoms with Gasteiger partial charge in [-0.3, -0.25) is 14.7 Å². The van der Waals surface area contributed by atoms with E-state index in [1.165, 1.54) is 0 Å². The van der Waals surface area contributed by atoms with Gasteiger partial charge in [-0.15, -0.1) is 0 Å². The Morgan fingerprint density at radius 1 is 1.24 bits per heavy atom. The molecule has 0 N–H and O–H groups in total. The predicted molar refractivity (Wildman–Crippen MR) is 86.2 cm³/mol. The third kappa shape index (κ3) is 4.81. The summed E-state index contributed by atoms with van der Waals surface area (Å²) in [6.07, 6.45) is 2.58. The Morgan fingerprint density at radius 3 is 2.71 bits per heavy atom. The van der Waals surface area contributed by atoms with Gasteiger partial charge in [0.1, 0.15) is 0 Å². The monoisotopic (exact) mass is 322 g/mol. The summed E-state index contributed by atoms with van der Waals surface area (Å²) >= 11 is 11.9. The standard InChI is InChI=1S/C16H16Cl2N2O/c1-20(9-7-13-4-2-3-8-19-13)11-16(21)14-6-5-12(17)10-15(14)18/h2-6,8,10H,7,9,11H2,1H3. The normalized spacial score (nSPS) is 10.9. The van der Waals surface area contributed by atoms with E-state index in [0.29, 0.717) is 22.2 Å². The summed E-state index contributed by atoms with van der Waals surface area (Å²) in [5.41, 5.74) is 1.52. The second kappa shape index (κ2) is 7.55. The largest absolute Gasteiger partial charge is 0.299 e. The zero-order valence-electron chi connectivity index (χ0n) is 11.7. The summed E-state index contributed by atoms with van der Waals surface area (Å²) < 4.78 is 0. The molecule has 21 heavy (non-hydrogen) atoms. The molecule has 2 rings (SSSR count). The van der Waals surface area contributed by atoms with Gasteiger partial charge in [0.15, 0.2) is 5.78 Å². The first kappa shape index (κ1) is 16.0. The summed E-state index contributed by atoms with van der Waals surface area (Å²) in [5, 5.41) is 0.922. The summed E-state index contributed by atoms with van der Waals surface area (Å²) in [6, 6.07) is 10.8. The van der Waals surface area contributed by atoms with Gasteiger partial charge in [0.05, 0.1) is 11.6 Å². The molecule has 0 saturated heterocycles. The third-order valence-corrected chi connectivity index (χ3v) is 3.67. The number of ketones is 1. The number of pyridine rings is 1. The van der Waals surface area contributed by atoms with Crippen molar-refractivity contribution in [3.8, 4) is 0 Å². The molecule has 5 heteroatoms. The molecule has 0 atom stereocenters. The number of hydrogen-bond donors (Lipinski definition) is 0. The van der Waals surface area contributed by atoms with E-state index in [0.717, 1.165) is 18.7 Å². The number of halogens is 2. The van der Waals surface area contributed by atoms with E-state index in [2.05, 4.69) is 4.98 Å². The Labute approximate surface area is 134 Å². The minimum Gasteiger partial charge on any atom is -0.299 e. The Bertz CT molecular complexity index is 617. The number of carbonyl (C=O) groups is 1. The minimum atomic E-state index is -0.0137. The Kier molecular flexibility index (Phi) is 5.74. The number of benzene rings is 1. The number of likely N-dealkylation sites (N-methyl/N-ethyl adjacent to an activating group) is 1. The Morgan fingerprint density at radius 2 is 2.05 bits per heavy atom. The average Bonchev–Trinajstić information content (AvgIpc) is 2.46. The zero-order chi connectivity index (χ0) is 15.2. The van der Waals surface area contributed by atoms with E-state index in [1.807, 2.05) is 30.1 Å². The number of carbonyl (C=O) groups excluding carboxylic acids is 1. The second-order valence-corrected chi connectivity index (χ2v) is 5.70. The van der Waals surface area contributed by atoms with E-state index >= 15 is 0 Å². The van der Waals surface area contributed by atoms with Crippen molar-refractivity contribution in [3.05, 3.63) is 63.9 Å². The Hall–Kier alpha value is -1.42. The number of Topliss-reactive ketones (excluding diaryl/α,β-unsaturated/α-hetero) is 1. The molecular formula is C16H16Cl2N2O. The highest BCUT2D eigenvalue weighted by Crippen LogP contribution is 2.21. The van der Waals surface area contributed by atoms with Gasteiger partial charge < -0.3 is 0 Å². The summed E-state index contributed by atoms with van der Waals surface area (Å²) in [4.78, 5) is 18.4. The quantitative estimate of drug-likeness (QED) is 0.759. The molecule has 0 unspecified atom stereocenters. The molecule has 0 fully saturated rings. The van der Waals surface area contributed by atoms with Gasteiger partial charge in [-0.25, -0.2) is 0 Å². The maximum Gasteiger partial charge on any atom is 0.178 e. The highest BCUT2D eigenvalue weighted by atomic mass is 35.5. The molecule has 3 nitrogen and oxygen atoms in total. The lowest BCUT2D eigenvalue weighted by atomic mass is 10.1. The van der Waals surface area contributed by atoms with Crippen LogP contribution >= 0.6 is 23.2 Å². The van der Waals surface area contributed by atoms with Crippen molar-refractivity contribution in [2.45, 2.75) is 6.42 Å². The summed E-state index contributed by atoms with van der Waals surface area (Å²) in [7, 11) is 1.91. The smallest absolute Gasteiger partial charge is 0.178 e. The first-order valence-electron chi connectivity index (χ1n) is 6.63. The van der Waals surface area contributed by atoms with Crippen LogP contribution in [-0.4, -0.2) is 35.8 Å². The van der Waals surface area contributed by atoms with Gasteiger partial charge in [-0.2, -0.15) is 0 Å². The molecule has 0 aliphatic rings. The first-order chi connectivity index (χ1) is 10.1. The van der Waals surface area contributed by atoms with Crippen molar-refractivity contribution >= 4 is 29.0 Å². The molecule has 0 aliphatic heterocycles. The van der Waals surface area contributed by atoms with E-state index in [4.69, 9.17) is 23.2 Å². The predicted octanol–water partition coefficient (Wildman–Crippen LogP) is 3.75. The average molecular weight is 323 g/mol. The molecule has 1 aromatic heterocycles. The van der Waals surface area contributed by atoms with Crippen molar-refractivity contribution in [1.82, 2.24) is 9.88 Å². The highest BCUT2D eigenvalue weighted by Gasteiger charge is 2.13. The third-order valence-electron chi connectivity index (χ3n) is 3.12. The van der Waals surface area contributed by atoms with Crippen LogP contribution in [0.3, 0.4) is 0 Å². The molecule has 0 bridgehead atoms. The van der Waals surface area contributed by atoms with Gasteiger partial charge in [-0.1, -0.05) is 29.3 Å². The molecule has 0 spiro atoms. The van der Waals surface area contributed by atoms with E-state index in [9.17, 15) is 4.79 Å². The maximum absolute atomic E-state index is 12.2. The van der Waals surface area contributed by atoms with Crippen LogP contribution in [0.5, 0.6) is 0 Å².